The zero-order valence-corrected chi connectivity index (χ0v) is 73.0. The predicted molar refractivity (Wildman–Crippen MR) is 472 cm³/mol. The molecule has 0 saturated carbocycles. The minimum absolute atomic E-state index is 0.0806. The Labute approximate surface area is 689 Å². The molecule has 0 saturated heterocycles. The zero-order chi connectivity index (χ0) is 82.2. The van der Waals surface area contributed by atoms with E-state index in [1.54, 1.807) is 0 Å². The molecule has 16 nitrogen and oxygen atoms in total. The molecule has 0 bridgehead atoms. The van der Waals surface area contributed by atoms with Gasteiger partial charge in [-0.1, -0.05) is 359 Å². The number of allylic oxidation sites excluding steroid dienone is 26. The number of carbonyl (C=O) groups excluding carboxylic acids is 3. The van der Waals surface area contributed by atoms with Crippen LogP contribution in [0.2, 0.25) is 0 Å². The highest BCUT2D eigenvalue weighted by atomic mass is 31.2. The molecule has 0 amide bonds. The lowest BCUT2D eigenvalue weighted by atomic mass is 10.0. The van der Waals surface area contributed by atoms with Crippen LogP contribution in [-0.4, -0.2) is 95.9 Å². The molecular formula is C95H162O16P2. The highest BCUT2D eigenvalue weighted by molar-refractivity contribution is 7.47. The van der Waals surface area contributed by atoms with Crippen molar-refractivity contribution in [1.29, 1.82) is 0 Å². The number of esters is 3. The first-order chi connectivity index (χ1) is 55.2. The topological polar surface area (TPSA) is 231 Å². The molecule has 0 aromatic heterocycles. The van der Waals surface area contributed by atoms with Crippen LogP contribution in [0.3, 0.4) is 0 Å². The van der Waals surface area contributed by atoms with Gasteiger partial charge in [0.1, 0.15) is 25.4 Å². The molecule has 0 aromatic carbocycles. The molecule has 0 fully saturated rings. The fraction of sp³-hybridized carbons (Fsp3) is 0.695. The van der Waals surface area contributed by atoms with Crippen LogP contribution in [0.4, 0.5) is 0 Å². The molecule has 648 valence electrons. The second-order valence-electron chi connectivity index (χ2n) is 29.6. The van der Waals surface area contributed by atoms with Gasteiger partial charge in [0.15, 0.2) is 6.10 Å². The monoisotopic (exact) mass is 1620 g/mol. The molecule has 0 aliphatic heterocycles. The SMILES string of the molecule is CC/C=C\C/C=C\C/C=C\C/C=C\C/C=C\C/C=C\CCCCCCCCCCCCC(=O)OCC(COP(=O)(O)OCC(O)COP(=O)(O)OCC(O)COC(=O)CCCCCCCCCCCCCCCCCCC/C=C\C/C=C\C/C=C\C/C=C\CCCCC)OC(=O)CCCCCCC/C=C\C/C=C\C/C=C\CC. The molecule has 5 unspecified atom stereocenters. The lowest BCUT2D eigenvalue weighted by Crippen LogP contribution is -2.30. The number of carbonyl (C=O) groups is 3. The van der Waals surface area contributed by atoms with Crippen molar-refractivity contribution in [1.82, 2.24) is 0 Å². The Hall–Kier alpha value is -4.83. The number of unbranched alkanes of at least 4 members (excludes halogenated alkanes) is 35. The second kappa shape index (κ2) is 86.5. The predicted octanol–water partition coefficient (Wildman–Crippen LogP) is 27.3. The maximum absolute atomic E-state index is 13.0. The standard InChI is InChI=1S/C95H162O16P2/c1-4-7-10-13-16-19-22-25-28-30-32-34-36-38-40-42-43-44-45-47-49-50-52-54-56-58-61-63-66-69-72-75-78-81-93(98)105-84-90(96)85-107-112(101,102)108-86-91(97)87-109-113(103,104)110-89-92(111-95(100)83-80-77-74-71-68-65-60-27-24-21-18-15-12-9-6-3)88-106-94(99)82-79-76-73-70-67-64-62-59-57-55-53-51-48-46-41-39-37-35-33-31-29-26-23-20-17-14-11-8-5-2/h8-9,11-12,16-21,25-29,32-35,38-41,48,51,60,90-92,96-97H,4-7,10,13-15,22-24,30-31,36-37,42-47,49-50,52-59,61-89H2,1-3H3,(H,101,102)(H,103,104)/b11-8-,12-9-,19-16-,20-17-,21-18-,28-25-,29-26-,34-32-,35-33-,40-38-,41-39-,51-48-,60-27-. The summed E-state index contributed by atoms with van der Waals surface area (Å²) in [6.45, 7) is 2.43. The van der Waals surface area contributed by atoms with Crippen LogP contribution < -0.4 is 0 Å². The molecule has 4 N–H and O–H groups in total. The maximum atomic E-state index is 13.0. The van der Waals surface area contributed by atoms with E-state index in [4.69, 9.17) is 32.3 Å². The van der Waals surface area contributed by atoms with E-state index in [1.807, 2.05) is 0 Å². The Bertz CT molecular complexity index is 2680. The van der Waals surface area contributed by atoms with Crippen molar-refractivity contribution < 1.29 is 75.8 Å². The molecule has 5 atom stereocenters. The summed E-state index contributed by atoms with van der Waals surface area (Å²) in [7, 11) is -9.81. The molecular weight excluding hydrogens is 1460 g/mol. The first-order valence-electron chi connectivity index (χ1n) is 44.8. The lowest BCUT2D eigenvalue weighted by molar-refractivity contribution is -0.161. The van der Waals surface area contributed by atoms with Crippen molar-refractivity contribution in [3.8, 4) is 0 Å². The smallest absolute Gasteiger partial charge is 0.463 e. The number of hydrogen-bond acceptors (Lipinski definition) is 14. The van der Waals surface area contributed by atoms with Gasteiger partial charge < -0.3 is 34.2 Å². The Kier molecular flexibility index (Phi) is 82.8. The van der Waals surface area contributed by atoms with E-state index < -0.39 is 91.5 Å². The fourth-order valence-electron chi connectivity index (χ4n) is 12.0. The zero-order valence-electron chi connectivity index (χ0n) is 71.3. The molecule has 113 heavy (non-hydrogen) atoms. The Morgan fingerprint density at radius 1 is 0.257 bits per heavy atom. The van der Waals surface area contributed by atoms with E-state index in [1.165, 1.54) is 148 Å². The number of hydrogen-bond donors (Lipinski definition) is 4. The van der Waals surface area contributed by atoms with Gasteiger partial charge in [-0.2, -0.15) is 0 Å². The van der Waals surface area contributed by atoms with Gasteiger partial charge in [0.05, 0.1) is 26.4 Å². The summed E-state index contributed by atoms with van der Waals surface area (Å²) >= 11 is 0. The van der Waals surface area contributed by atoms with E-state index >= 15 is 0 Å². The van der Waals surface area contributed by atoms with Crippen molar-refractivity contribution in [3.63, 3.8) is 0 Å². The molecule has 0 rings (SSSR count). The number of phosphoric ester groups is 2. The van der Waals surface area contributed by atoms with Crippen LogP contribution >= 0.6 is 15.6 Å². The van der Waals surface area contributed by atoms with Crippen LogP contribution in [0.15, 0.2) is 158 Å². The summed E-state index contributed by atoms with van der Waals surface area (Å²) in [6, 6.07) is 0. The molecule has 0 spiro atoms. The number of aliphatic hydroxyl groups is 2. The van der Waals surface area contributed by atoms with Gasteiger partial charge in [-0.3, -0.25) is 32.5 Å². The van der Waals surface area contributed by atoms with Crippen molar-refractivity contribution in [3.05, 3.63) is 158 Å². The number of aliphatic hydroxyl groups excluding tert-OH is 2. The minimum Gasteiger partial charge on any atom is -0.463 e. The van der Waals surface area contributed by atoms with E-state index in [9.17, 15) is 43.5 Å². The van der Waals surface area contributed by atoms with Gasteiger partial charge in [0, 0.05) is 19.3 Å². The summed E-state index contributed by atoms with van der Waals surface area (Å²) in [5.74, 6) is -1.59. The number of ether oxygens (including phenoxy) is 3. The van der Waals surface area contributed by atoms with Gasteiger partial charge in [0.25, 0.3) is 0 Å². The van der Waals surface area contributed by atoms with Gasteiger partial charge >= 0.3 is 33.6 Å². The quantitative estimate of drug-likeness (QED) is 0.0146. The molecule has 0 radical (unpaired) electrons. The molecule has 18 heteroatoms. The molecule has 0 aliphatic rings. The highest BCUT2D eigenvalue weighted by Crippen LogP contribution is 2.45. The first-order valence-corrected chi connectivity index (χ1v) is 47.8. The first kappa shape index (κ1) is 108. The minimum atomic E-state index is -4.94. The van der Waals surface area contributed by atoms with Gasteiger partial charge in [0.2, 0.25) is 0 Å². The van der Waals surface area contributed by atoms with Gasteiger partial charge in [-0.05, 0) is 148 Å². The summed E-state index contributed by atoms with van der Waals surface area (Å²) in [6.07, 6.45) is 110. The summed E-state index contributed by atoms with van der Waals surface area (Å²) in [5.41, 5.74) is 0. The third-order valence-electron chi connectivity index (χ3n) is 18.7. The van der Waals surface area contributed by atoms with Gasteiger partial charge in [-0.15, -0.1) is 0 Å². The summed E-state index contributed by atoms with van der Waals surface area (Å²) < 4.78 is 61.3. The van der Waals surface area contributed by atoms with E-state index in [2.05, 4.69) is 179 Å². The second-order valence-corrected chi connectivity index (χ2v) is 32.5. The van der Waals surface area contributed by atoms with E-state index in [0.29, 0.717) is 19.3 Å². The highest BCUT2D eigenvalue weighted by Gasteiger charge is 2.29. The van der Waals surface area contributed by atoms with Crippen LogP contribution in [0.5, 0.6) is 0 Å². The number of rotatable bonds is 84. The Morgan fingerprint density at radius 3 is 0.743 bits per heavy atom. The van der Waals surface area contributed by atoms with Crippen LogP contribution in [0, 0.1) is 0 Å². The van der Waals surface area contributed by atoms with Crippen LogP contribution in [0.25, 0.3) is 0 Å². The van der Waals surface area contributed by atoms with Crippen LogP contribution in [0.1, 0.15) is 367 Å². The van der Waals surface area contributed by atoms with Gasteiger partial charge in [-0.25, -0.2) is 9.13 Å². The lowest BCUT2D eigenvalue weighted by Gasteiger charge is -2.21. The maximum Gasteiger partial charge on any atom is 0.472 e. The third kappa shape index (κ3) is 87.8. The average molecular weight is 1620 g/mol. The Balaban J connectivity index is 4.47. The van der Waals surface area contributed by atoms with Crippen molar-refractivity contribution in [2.24, 2.45) is 0 Å². The van der Waals surface area contributed by atoms with E-state index in [-0.39, 0.29) is 19.3 Å². The third-order valence-corrected chi connectivity index (χ3v) is 20.6. The van der Waals surface area contributed by atoms with Crippen molar-refractivity contribution in [2.45, 2.75) is 386 Å². The van der Waals surface area contributed by atoms with Crippen LogP contribution in [-0.2, 0) is 55.8 Å². The summed E-state index contributed by atoms with van der Waals surface area (Å²) in [5, 5.41) is 20.7. The summed E-state index contributed by atoms with van der Waals surface area (Å²) in [4.78, 5) is 58.9. The molecule has 0 heterocycles. The average Bonchev–Trinajstić information content (AvgIpc) is 0.899. The fourth-order valence-corrected chi connectivity index (χ4v) is 13.6. The van der Waals surface area contributed by atoms with Crippen molar-refractivity contribution >= 4 is 33.6 Å². The molecule has 0 aromatic rings. The number of phosphoric acid groups is 2. The van der Waals surface area contributed by atoms with E-state index in [0.717, 1.165) is 161 Å². The largest absolute Gasteiger partial charge is 0.472 e. The normalized spacial score (nSPS) is 14.6. The van der Waals surface area contributed by atoms with Crippen molar-refractivity contribution in [2.75, 3.05) is 39.6 Å². The Morgan fingerprint density at radius 2 is 0.469 bits per heavy atom. The molecule has 0 aliphatic carbocycles.